The maximum atomic E-state index is 13.0. The second-order valence-electron chi connectivity index (χ2n) is 5.03. The molecule has 0 aromatic heterocycles. The van der Waals surface area contributed by atoms with Crippen LogP contribution in [0.25, 0.3) is 0 Å². The van der Waals surface area contributed by atoms with Crippen molar-refractivity contribution in [2.45, 2.75) is 30.0 Å². The summed E-state index contributed by atoms with van der Waals surface area (Å²) in [6.07, 6.45) is -3.99. The van der Waals surface area contributed by atoms with E-state index < -0.39 is 32.6 Å². The lowest BCUT2D eigenvalue weighted by atomic mass is 10.1. The molecule has 0 bridgehead atoms. The van der Waals surface area contributed by atoms with Crippen LogP contribution in [0.15, 0.2) is 18.2 Å². The Kier molecular flexibility index (Phi) is 4.48. The lowest BCUT2D eigenvalue weighted by Crippen LogP contribution is -2.30. The highest BCUT2D eigenvalue weighted by Gasteiger charge is 2.36. The van der Waals surface area contributed by atoms with Gasteiger partial charge in [0.15, 0.2) is 9.84 Å². The Labute approximate surface area is 121 Å². The minimum atomic E-state index is -4.63. The van der Waals surface area contributed by atoms with Crippen LogP contribution in [-0.2, 0) is 26.5 Å². The van der Waals surface area contributed by atoms with Crippen LogP contribution in [0.2, 0.25) is 0 Å². The predicted molar refractivity (Wildman–Crippen MR) is 72.3 cm³/mol. The minimum Gasteiger partial charge on any atom is -0.399 e. The lowest BCUT2D eigenvalue weighted by molar-refractivity contribution is -0.138. The fourth-order valence-electron chi connectivity index (χ4n) is 2.35. The van der Waals surface area contributed by atoms with Crippen molar-refractivity contribution in [3.05, 3.63) is 29.3 Å². The third kappa shape index (κ3) is 3.88. The SMILES string of the molecule is Nc1ccc(CS(=O)(=O)C2CCOCC2)c(C(F)(F)F)c1. The quantitative estimate of drug-likeness (QED) is 0.867. The molecule has 1 aliphatic heterocycles. The summed E-state index contributed by atoms with van der Waals surface area (Å²) in [5.74, 6) is -0.632. The molecule has 1 aromatic rings. The van der Waals surface area contributed by atoms with Gasteiger partial charge in [-0.2, -0.15) is 13.2 Å². The standard InChI is InChI=1S/C13H16F3NO3S/c14-13(15,16)12-7-10(17)2-1-9(12)8-21(18,19)11-3-5-20-6-4-11/h1-2,7,11H,3-6,8,17H2. The van der Waals surface area contributed by atoms with Gasteiger partial charge in [-0.25, -0.2) is 8.42 Å². The van der Waals surface area contributed by atoms with Crippen molar-refractivity contribution in [2.24, 2.45) is 0 Å². The van der Waals surface area contributed by atoms with Crippen molar-refractivity contribution in [1.82, 2.24) is 0 Å². The van der Waals surface area contributed by atoms with Crippen molar-refractivity contribution >= 4 is 15.5 Å². The summed E-state index contributed by atoms with van der Waals surface area (Å²) >= 11 is 0. The van der Waals surface area contributed by atoms with Gasteiger partial charge in [0, 0.05) is 18.9 Å². The summed E-state index contributed by atoms with van der Waals surface area (Å²) in [6, 6.07) is 3.19. The Balaban J connectivity index is 2.30. The van der Waals surface area contributed by atoms with Crippen LogP contribution < -0.4 is 5.73 Å². The predicted octanol–water partition coefficient (Wildman–Crippen LogP) is 2.38. The van der Waals surface area contributed by atoms with Gasteiger partial charge in [-0.1, -0.05) is 6.07 Å². The van der Waals surface area contributed by atoms with Gasteiger partial charge in [0.05, 0.1) is 16.6 Å². The third-order valence-corrected chi connectivity index (χ3v) is 5.67. The number of sulfone groups is 1. The van der Waals surface area contributed by atoms with Crippen LogP contribution in [0.4, 0.5) is 18.9 Å². The molecule has 4 nitrogen and oxygen atoms in total. The fourth-order valence-corrected chi connectivity index (χ4v) is 4.19. The molecule has 2 rings (SSSR count). The highest BCUT2D eigenvalue weighted by molar-refractivity contribution is 7.91. The van der Waals surface area contributed by atoms with Crippen LogP contribution in [0.1, 0.15) is 24.0 Å². The van der Waals surface area contributed by atoms with Gasteiger partial charge >= 0.3 is 6.18 Å². The molecule has 1 heterocycles. The largest absolute Gasteiger partial charge is 0.416 e. The van der Waals surface area contributed by atoms with Crippen molar-refractivity contribution in [3.8, 4) is 0 Å². The second-order valence-corrected chi connectivity index (χ2v) is 7.31. The summed E-state index contributed by atoms with van der Waals surface area (Å²) in [5.41, 5.74) is 4.07. The van der Waals surface area contributed by atoms with Gasteiger partial charge in [0.25, 0.3) is 0 Å². The van der Waals surface area contributed by atoms with Crippen molar-refractivity contribution < 1.29 is 26.3 Å². The number of alkyl halides is 3. The number of anilines is 1. The summed E-state index contributed by atoms with van der Waals surface area (Å²) in [6.45, 7) is 0.634. The maximum absolute atomic E-state index is 13.0. The first kappa shape index (κ1) is 16.1. The number of nitrogens with two attached hydrogens (primary N) is 1. The first-order chi connectivity index (χ1) is 9.70. The Hall–Kier alpha value is -1.28. The molecule has 8 heteroatoms. The molecule has 0 aliphatic carbocycles. The van der Waals surface area contributed by atoms with Gasteiger partial charge in [0.2, 0.25) is 0 Å². The number of nitrogen functional groups attached to an aromatic ring is 1. The van der Waals surface area contributed by atoms with Crippen LogP contribution in [0.5, 0.6) is 0 Å². The number of ether oxygens (including phenoxy) is 1. The molecule has 1 aliphatic rings. The Morgan fingerprint density at radius 3 is 2.43 bits per heavy atom. The Morgan fingerprint density at radius 1 is 1.24 bits per heavy atom. The van der Waals surface area contributed by atoms with Crippen LogP contribution in [0, 0.1) is 0 Å². The molecule has 1 saturated heterocycles. The van der Waals surface area contributed by atoms with Crippen LogP contribution in [0.3, 0.4) is 0 Å². The maximum Gasteiger partial charge on any atom is 0.416 e. The number of hydrogen-bond donors (Lipinski definition) is 1. The molecule has 2 N–H and O–H groups in total. The van der Waals surface area contributed by atoms with E-state index in [1.165, 1.54) is 6.07 Å². The van der Waals surface area contributed by atoms with E-state index in [1.807, 2.05) is 0 Å². The Bertz CT molecular complexity index is 608. The van der Waals surface area contributed by atoms with Crippen molar-refractivity contribution in [3.63, 3.8) is 0 Å². The van der Waals surface area contributed by atoms with Gasteiger partial charge < -0.3 is 10.5 Å². The first-order valence-corrected chi connectivity index (χ1v) is 8.16. The number of rotatable bonds is 3. The summed E-state index contributed by atoms with van der Waals surface area (Å²) in [4.78, 5) is 0. The molecule has 1 aromatic carbocycles. The average molecular weight is 323 g/mol. The van der Waals surface area contributed by atoms with Gasteiger partial charge in [-0.05, 0) is 30.5 Å². The highest BCUT2D eigenvalue weighted by atomic mass is 32.2. The minimum absolute atomic E-state index is 0.0467. The topological polar surface area (TPSA) is 69.4 Å². The van der Waals surface area contributed by atoms with E-state index in [0.717, 1.165) is 12.1 Å². The van der Waals surface area contributed by atoms with E-state index in [0.29, 0.717) is 26.1 Å². The third-order valence-electron chi connectivity index (χ3n) is 3.47. The Morgan fingerprint density at radius 2 is 1.86 bits per heavy atom. The monoisotopic (exact) mass is 323 g/mol. The molecule has 118 valence electrons. The zero-order valence-corrected chi connectivity index (χ0v) is 12.0. The highest BCUT2D eigenvalue weighted by Crippen LogP contribution is 2.35. The molecule has 0 spiro atoms. The van der Waals surface area contributed by atoms with Crippen molar-refractivity contribution in [2.75, 3.05) is 18.9 Å². The van der Waals surface area contributed by atoms with Crippen LogP contribution in [-0.4, -0.2) is 26.9 Å². The molecular formula is C13H16F3NO3S. The first-order valence-electron chi connectivity index (χ1n) is 6.45. The fraction of sp³-hybridized carbons (Fsp3) is 0.538. The molecule has 1 fully saturated rings. The van der Waals surface area contributed by atoms with E-state index in [9.17, 15) is 21.6 Å². The molecule has 0 saturated carbocycles. The summed E-state index contributed by atoms with van der Waals surface area (Å²) < 4.78 is 68.5. The average Bonchev–Trinajstić information content (AvgIpc) is 2.40. The molecule has 0 radical (unpaired) electrons. The second kappa shape index (κ2) is 5.84. The number of benzene rings is 1. The van der Waals surface area contributed by atoms with E-state index >= 15 is 0 Å². The van der Waals surface area contributed by atoms with E-state index in [-0.39, 0.29) is 11.3 Å². The normalized spacial score (nSPS) is 17.9. The number of halogens is 3. The lowest BCUT2D eigenvalue weighted by Gasteiger charge is -2.23. The van der Waals surface area contributed by atoms with E-state index in [1.54, 1.807) is 0 Å². The van der Waals surface area contributed by atoms with Gasteiger partial charge in [-0.3, -0.25) is 0 Å². The molecule has 0 atom stereocenters. The molecule has 21 heavy (non-hydrogen) atoms. The van der Waals surface area contributed by atoms with E-state index in [4.69, 9.17) is 10.5 Å². The molecule has 0 unspecified atom stereocenters. The summed E-state index contributed by atoms with van der Waals surface area (Å²) in [5, 5.41) is -0.648. The smallest absolute Gasteiger partial charge is 0.399 e. The van der Waals surface area contributed by atoms with Crippen molar-refractivity contribution in [1.29, 1.82) is 0 Å². The summed E-state index contributed by atoms with van der Waals surface area (Å²) in [7, 11) is -3.65. The number of hydrogen-bond acceptors (Lipinski definition) is 4. The molecule has 0 amide bonds. The zero-order chi connectivity index (χ0) is 15.7. The zero-order valence-electron chi connectivity index (χ0n) is 11.2. The van der Waals surface area contributed by atoms with Crippen LogP contribution >= 0.6 is 0 Å². The van der Waals surface area contributed by atoms with Gasteiger partial charge in [0.1, 0.15) is 0 Å². The van der Waals surface area contributed by atoms with Gasteiger partial charge in [-0.15, -0.1) is 0 Å². The van der Waals surface area contributed by atoms with E-state index in [2.05, 4.69) is 0 Å². The molecular weight excluding hydrogens is 307 g/mol.